The molecule has 0 spiro atoms. The van der Waals surface area contributed by atoms with Crippen molar-refractivity contribution in [3.05, 3.63) is 114 Å². The van der Waals surface area contributed by atoms with Crippen LogP contribution in [0.15, 0.2) is 103 Å². The van der Waals surface area contributed by atoms with Gasteiger partial charge in [0.2, 0.25) is 5.91 Å². The lowest BCUT2D eigenvalue weighted by molar-refractivity contribution is -0.116. The lowest BCUT2D eigenvalue weighted by atomic mass is 10.2. The Balaban J connectivity index is 1.47. The molecule has 0 radical (unpaired) electrons. The van der Waals surface area contributed by atoms with Crippen LogP contribution in [0, 0.1) is 0 Å². The molecule has 4 aromatic rings. The van der Waals surface area contributed by atoms with Crippen LogP contribution in [0.25, 0.3) is 0 Å². The molecule has 1 N–H and O–H groups in total. The van der Waals surface area contributed by atoms with Crippen LogP contribution in [0.4, 0.5) is 5.69 Å². The van der Waals surface area contributed by atoms with Gasteiger partial charge in [0, 0.05) is 49.4 Å². The fourth-order valence-electron chi connectivity index (χ4n) is 3.25. The summed E-state index contributed by atoms with van der Waals surface area (Å²) >= 11 is 0. The summed E-state index contributed by atoms with van der Waals surface area (Å²) in [6.07, 6.45) is 7.36. The first-order valence-corrected chi connectivity index (χ1v) is 10.3. The van der Waals surface area contributed by atoms with Crippen LogP contribution < -0.4 is 10.8 Å². The number of benzene rings is 2. The van der Waals surface area contributed by atoms with Crippen LogP contribution in [0.2, 0.25) is 0 Å². The number of carbonyl (C=O) groups excluding carboxylic acids is 2. The molecule has 0 saturated heterocycles. The molecule has 0 atom stereocenters. The Morgan fingerprint density at radius 2 is 1.78 bits per heavy atom. The first kappa shape index (κ1) is 21.0. The monoisotopic (exact) mass is 425 g/mol. The molecular formula is C25H23N5O2. The van der Waals surface area contributed by atoms with Gasteiger partial charge in [-0.1, -0.05) is 42.5 Å². The molecule has 0 bridgehead atoms. The van der Waals surface area contributed by atoms with E-state index in [1.54, 1.807) is 36.8 Å². The van der Waals surface area contributed by atoms with Crippen molar-refractivity contribution in [3.63, 3.8) is 0 Å². The van der Waals surface area contributed by atoms with Gasteiger partial charge < -0.3 is 14.5 Å². The van der Waals surface area contributed by atoms with Gasteiger partial charge in [0.1, 0.15) is 5.49 Å². The molecule has 0 aliphatic carbocycles. The van der Waals surface area contributed by atoms with Crippen molar-refractivity contribution in [2.75, 3.05) is 5.32 Å². The molecule has 2 heterocycles. The molecule has 2 aromatic carbocycles. The zero-order valence-electron chi connectivity index (χ0n) is 17.5. The van der Waals surface area contributed by atoms with E-state index in [1.807, 2.05) is 70.1 Å². The highest BCUT2D eigenvalue weighted by atomic mass is 16.2. The third kappa shape index (κ3) is 5.66. The maximum Gasteiger partial charge on any atom is 0.279 e. The fourth-order valence-corrected chi connectivity index (χ4v) is 3.25. The van der Waals surface area contributed by atoms with E-state index in [1.165, 1.54) is 0 Å². The second-order valence-corrected chi connectivity index (χ2v) is 7.27. The zero-order valence-corrected chi connectivity index (χ0v) is 17.5. The van der Waals surface area contributed by atoms with Gasteiger partial charge in [-0.15, -0.1) is 0 Å². The van der Waals surface area contributed by atoms with Crippen LogP contribution in [0.5, 0.6) is 0 Å². The minimum Gasteiger partial charge on any atom is -0.337 e. The summed E-state index contributed by atoms with van der Waals surface area (Å²) < 4.78 is 3.76. The van der Waals surface area contributed by atoms with Crippen LogP contribution in [0.1, 0.15) is 22.3 Å². The van der Waals surface area contributed by atoms with E-state index in [0.717, 1.165) is 5.56 Å². The van der Waals surface area contributed by atoms with Crippen molar-refractivity contribution in [2.24, 2.45) is 4.99 Å². The van der Waals surface area contributed by atoms with Crippen molar-refractivity contribution >= 4 is 17.5 Å². The Morgan fingerprint density at radius 3 is 2.59 bits per heavy atom. The summed E-state index contributed by atoms with van der Waals surface area (Å²) in [7, 11) is 0. The predicted molar refractivity (Wildman–Crippen MR) is 122 cm³/mol. The number of hydrogen-bond acceptors (Lipinski definition) is 3. The third-order valence-electron chi connectivity index (χ3n) is 4.88. The quantitative estimate of drug-likeness (QED) is 0.492. The lowest BCUT2D eigenvalue weighted by Gasteiger charge is -2.08. The molecule has 2 aromatic heterocycles. The first-order valence-electron chi connectivity index (χ1n) is 10.3. The summed E-state index contributed by atoms with van der Waals surface area (Å²) in [5.74, 6) is -0.503. The van der Waals surface area contributed by atoms with Gasteiger partial charge in [0.15, 0.2) is 0 Å². The summed E-state index contributed by atoms with van der Waals surface area (Å²) in [5.41, 5.74) is 2.66. The number of amides is 2. The second kappa shape index (κ2) is 10.2. The standard InChI is InChI=1S/C25H23N5O2/c31-24(12-15-29-16-13-26-19-29)27-22-10-6-9-21(17-22)25(32)28-23-11-4-5-14-30(23)18-20-7-2-1-3-8-20/h1-11,13-14,16-17,19H,12,15,18H2,(H,27,31). The molecule has 160 valence electrons. The molecule has 2 amide bonds. The first-order chi connectivity index (χ1) is 15.7. The number of carbonyl (C=O) groups is 2. The molecule has 7 nitrogen and oxygen atoms in total. The second-order valence-electron chi connectivity index (χ2n) is 7.27. The van der Waals surface area contributed by atoms with E-state index in [0.29, 0.717) is 36.2 Å². The Morgan fingerprint density at radius 1 is 0.938 bits per heavy atom. The van der Waals surface area contributed by atoms with Gasteiger partial charge in [-0.05, 0) is 35.9 Å². The maximum absolute atomic E-state index is 12.8. The highest BCUT2D eigenvalue weighted by Gasteiger charge is 2.08. The Bertz CT molecular complexity index is 1260. The molecule has 32 heavy (non-hydrogen) atoms. The maximum atomic E-state index is 12.8. The average molecular weight is 425 g/mol. The molecule has 0 unspecified atom stereocenters. The largest absolute Gasteiger partial charge is 0.337 e. The van der Waals surface area contributed by atoms with Gasteiger partial charge in [-0.2, -0.15) is 4.99 Å². The third-order valence-corrected chi connectivity index (χ3v) is 4.88. The molecule has 7 heteroatoms. The van der Waals surface area contributed by atoms with Crippen LogP contribution in [-0.4, -0.2) is 25.9 Å². The summed E-state index contributed by atoms with van der Waals surface area (Å²) in [6, 6.07) is 22.4. The van der Waals surface area contributed by atoms with E-state index in [9.17, 15) is 9.59 Å². The number of pyridine rings is 1. The van der Waals surface area contributed by atoms with E-state index in [2.05, 4.69) is 15.3 Å². The number of nitrogens with zero attached hydrogens (tertiary/aromatic N) is 4. The molecular weight excluding hydrogens is 402 g/mol. The van der Waals surface area contributed by atoms with Gasteiger partial charge in [0.05, 0.1) is 6.33 Å². The Labute approximate surface area is 185 Å². The fraction of sp³-hybridized carbons (Fsp3) is 0.120. The van der Waals surface area contributed by atoms with Crippen molar-refractivity contribution in [1.29, 1.82) is 0 Å². The topological polar surface area (TPSA) is 81.3 Å². The number of rotatable bonds is 7. The SMILES string of the molecule is O=C(CCn1ccnc1)Nc1cccc(C(=O)N=c2ccccn2Cc2ccccc2)c1. The van der Waals surface area contributed by atoms with Crippen LogP contribution >= 0.6 is 0 Å². The number of imidazole rings is 1. The highest BCUT2D eigenvalue weighted by Crippen LogP contribution is 2.12. The average Bonchev–Trinajstić information content (AvgIpc) is 3.34. The number of anilines is 1. The molecule has 4 rings (SSSR count). The van der Waals surface area contributed by atoms with E-state index in [4.69, 9.17) is 0 Å². The van der Waals surface area contributed by atoms with E-state index in [-0.39, 0.29) is 11.8 Å². The minimum atomic E-state index is -0.368. The molecule has 0 aliphatic heterocycles. The van der Waals surface area contributed by atoms with Gasteiger partial charge in [-0.3, -0.25) is 9.59 Å². The predicted octanol–water partition coefficient (Wildman–Crippen LogP) is 3.50. The smallest absolute Gasteiger partial charge is 0.279 e. The van der Waals surface area contributed by atoms with Crippen molar-refractivity contribution in [2.45, 2.75) is 19.5 Å². The van der Waals surface area contributed by atoms with E-state index >= 15 is 0 Å². The normalized spacial score (nSPS) is 11.3. The summed E-state index contributed by atoms with van der Waals surface area (Å²) in [5, 5.41) is 2.84. The molecule has 0 fully saturated rings. The zero-order chi connectivity index (χ0) is 22.2. The van der Waals surface area contributed by atoms with Gasteiger partial charge >= 0.3 is 0 Å². The van der Waals surface area contributed by atoms with Crippen LogP contribution in [-0.2, 0) is 17.9 Å². The van der Waals surface area contributed by atoms with Crippen LogP contribution in [0.3, 0.4) is 0 Å². The molecule has 0 aliphatic rings. The van der Waals surface area contributed by atoms with Crippen molar-refractivity contribution < 1.29 is 9.59 Å². The lowest BCUT2D eigenvalue weighted by Crippen LogP contribution is -2.22. The summed E-state index contributed by atoms with van der Waals surface area (Å²) in [6.45, 7) is 1.15. The van der Waals surface area contributed by atoms with Crippen molar-refractivity contribution in [3.8, 4) is 0 Å². The molecule has 0 saturated carbocycles. The van der Waals surface area contributed by atoms with Gasteiger partial charge in [-0.25, -0.2) is 4.98 Å². The number of aryl methyl sites for hydroxylation is 1. The highest BCUT2D eigenvalue weighted by molar-refractivity contribution is 5.97. The summed E-state index contributed by atoms with van der Waals surface area (Å²) in [4.78, 5) is 33.4. The Kier molecular flexibility index (Phi) is 6.67. The Hall–Kier alpha value is -4.26. The van der Waals surface area contributed by atoms with Gasteiger partial charge in [0.25, 0.3) is 5.91 Å². The minimum absolute atomic E-state index is 0.135. The van der Waals surface area contributed by atoms with Crippen molar-refractivity contribution in [1.82, 2.24) is 14.1 Å². The number of hydrogen-bond donors (Lipinski definition) is 1. The van der Waals surface area contributed by atoms with E-state index < -0.39 is 0 Å². The number of aromatic nitrogens is 3. The number of nitrogens with one attached hydrogen (secondary N) is 1.